The number of carbonyl (C=O) groups is 2. The molecule has 0 aliphatic carbocycles. The average molecular weight is 371 g/mol. The maximum Gasteiger partial charge on any atom is 0.242 e. The van der Waals surface area contributed by atoms with Crippen molar-refractivity contribution < 1.29 is 9.59 Å². The molecule has 0 aliphatic rings. The molecule has 5 heteroatoms. The van der Waals surface area contributed by atoms with Crippen molar-refractivity contribution >= 4 is 23.6 Å². The molecule has 0 saturated heterocycles. The fraction of sp³-hybridized carbons (Fsp3) is 0.333. The number of carbonyl (C=O) groups excluding carboxylic acids is 2. The van der Waals surface area contributed by atoms with Crippen molar-refractivity contribution in [3.05, 3.63) is 71.8 Å². The van der Waals surface area contributed by atoms with E-state index in [-0.39, 0.29) is 11.8 Å². The molecule has 2 rings (SSSR count). The summed E-state index contributed by atoms with van der Waals surface area (Å²) in [5.41, 5.74) is 2.28. The lowest BCUT2D eigenvalue weighted by atomic mass is 10.1. The Morgan fingerprint density at radius 1 is 1.00 bits per heavy atom. The summed E-state index contributed by atoms with van der Waals surface area (Å²) in [4.78, 5) is 26.5. The molecule has 2 aromatic carbocycles. The van der Waals surface area contributed by atoms with E-state index in [2.05, 4.69) is 17.4 Å². The summed E-state index contributed by atoms with van der Waals surface area (Å²) in [6.07, 6.45) is 0.422. The molecule has 1 N–H and O–H groups in total. The normalized spacial score (nSPS) is 11.6. The number of benzene rings is 2. The van der Waals surface area contributed by atoms with Gasteiger partial charge in [0.2, 0.25) is 11.8 Å². The average Bonchev–Trinajstić information content (AvgIpc) is 2.69. The van der Waals surface area contributed by atoms with Gasteiger partial charge in [-0.1, -0.05) is 60.7 Å². The quantitative estimate of drug-likeness (QED) is 0.688. The number of hydrogen-bond donors (Lipinski definition) is 1. The van der Waals surface area contributed by atoms with E-state index in [9.17, 15) is 9.59 Å². The van der Waals surface area contributed by atoms with Crippen LogP contribution in [0, 0.1) is 0 Å². The van der Waals surface area contributed by atoms with E-state index in [1.54, 1.807) is 30.6 Å². The highest BCUT2D eigenvalue weighted by Gasteiger charge is 2.24. The molecule has 0 aliphatic heterocycles. The Morgan fingerprint density at radius 3 is 2.15 bits per heavy atom. The van der Waals surface area contributed by atoms with E-state index >= 15 is 0 Å². The first-order chi connectivity index (χ1) is 12.6. The van der Waals surface area contributed by atoms with Crippen molar-refractivity contribution in [2.24, 2.45) is 0 Å². The lowest BCUT2D eigenvalue weighted by Gasteiger charge is -2.28. The minimum absolute atomic E-state index is 0.00511. The summed E-state index contributed by atoms with van der Waals surface area (Å²) in [7, 11) is 1.60. The van der Waals surface area contributed by atoms with Crippen LogP contribution < -0.4 is 5.32 Å². The van der Waals surface area contributed by atoms with Crippen LogP contribution in [0.2, 0.25) is 0 Å². The first-order valence-corrected chi connectivity index (χ1v) is 9.94. The van der Waals surface area contributed by atoms with Crippen molar-refractivity contribution in [1.29, 1.82) is 0 Å². The molecule has 26 heavy (non-hydrogen) atoms. The van der Waals surface area contributed by atoms with Gasteiger partial charge in [-0.3, -0.25) is 9.59 Å². The number of rotatable bonds is 9. The molecule has 4 nitrogen and oxygen atoms in total. The van der Waals surface area contributed by atoms with Crippen LogP contribution in [0.5, 0.6) is 0 Å². The molecule has 2 amide bonds. The Morgan fingerprint density at radius 2 is 1.58 bits per heavy atom. The summed E-state index contributed by atoms with van der Waals surface area (Å²) in [6.45, 7) is 2.22. The van der Waals surface area contributed by atoms with E-state index in [1.807, 2.05) is 48.5 Å². The van der Waals surface area contributed by atoms with Gasteiger partial charge in [-0.15, -0.1) is 0 Å². The number of amides is 2. The second kappa shape index (κ2) is 10.7. The summed E-state index contributed by atoms with van der Waals surface area (Å²) in [6, 6.07) is 19.5. The topological polar surface area (TPSA) is 49.4 Å². The number of thioether (sulfide) groups is 1. The zero-order valence-corrected chi connectivity index (χ0v) is 16.2. The smallest absolute Gasteiger partial charge is 0.242 e. The molecule has 0 aromatic heterocycles. The predicted octanol–water partition coefficient (Wildman–Crippen LogP) is 3.47. The Hall–Kier alpha value is -2.27. The highest BCUT2D eigenvalue weighted by molar-refractivity contribution is 7.98. The molecule has 1 unspecified atom stereocenters. The van der Waals surface area contributed by atoms with Gasteiger partial charge >= 0.3 is 0 Å². The summed E-state index contributed by atoms with van der Waals surface area (Å²) >= 11 is 1.74. The first-order valence-electron chi connectivity index (χ1n) is 8.78. The largest absolute Gasteiger partial charge is 0.357 e. The number of nitrogens with zero attached hydrogens (tertiary/aromatic N) is 1. The fourth-order valence-electron chi connectivity index (χ4n) is 2.64. The second-order valence-electron chi connectivity index (χ2n) is 6.09. The molecular formula is C21H26N2O2S. The van der Waals surface area contributed by atoms with Crippen molar-refractivity contribution in [1.82, 2.24) is 10.2 Å². The number of nitrogens with one attached hydrogen (secondary N) is 1. The molecule has 0 spiro atoms. The fourth-order valence-corrected chi connectivity index (χ4v) is 3.53. The van der Waals surface area contributed by atoms with Crippen LogP contribution in [0.4, 0.5) is 0 Å². The van der Waals surface area contributed by atoms with Gasteiger partial charge in [0.1, 0.15) is 6.04 Å². The lowest BCUT2D eigenvalue weighted by Crippen LogP contribution is -2.46. The van der Waals surface area contributed by atoms with Crippen molar-refractivity contribution in [2.45, 2.75) is 31.7 Å². The van der Waals surface area contributed by atoms with Gasteiger partial charge in [0.25, 0.3) is 0 Å². The third kappa shape index (κ3) is 6.23. The molecule has 0 bridgehead atoms. The van der Waals surface area contributed by atoms with Gasteiger partial charge in [0.15, 0.2) is 0 Å². The van der Waals surface area contributed by atoms with Gasteiger partial charge < -0.3 is 10.2 Å². The number of likely N-dealkylation sites (N-methyl/N-ethyl adjacent to an activating group) is 1. The highest BCUT2D eigenvalue weighted by Crippen LogP contribution is 2.15. The molecule has 1 atom stereocenters. The molecule has 0 saturated carbocycles. The first kappa shape index (κ1) is 20.0. The van der Waals surface area contributed by atoms with Gasteiger partial charge in [-0.25, -0.2) is 0 Å². The van der Waals surface area contributed by atoms with Gasteiger partial charge in [0.05, 0.1) is 0 Å². The van der Waals surface area contributed by atoms with E-state index in [1.165, 1.54) is 5.56 Å². The van der Waals surface area contributed by atoms with Crippen LogP contribution >= 0.6 is 11.8 Å². The van der Waals surface area contributed by atoms with E-state index in [0.717, 1.165) is 17.1 Å². The van der Waals surface area contributed by atoms with Crippen LogP contribution in [0.1, 0.15) is 24.5 Å². The third-order valence-corrected chi connectivity index (χ3v) is 5.21. The molecular weight excluding hydrogens is 344 g/mol. The molecule has 138 valence electrons. The molecule has 0 heterocycles. The Labute approximate surface area is 160 Å². The minimum atomic E-state index is -0.494. The van der Waals surface area contributed by atoms with E-state index in [0.29, 0.717) is 13.0 Å². The second-order valence-corrected chi connectivity index (χ2v) is 7.19. The van der Waals surface area contributed by atoms with E-state index < -0.39 is 6.04 Å². The third-order valence-electron chi connectivity index (χ3n) is 4.18. The molecule has 0 radical (unpaired) electrons. The predicted molar refractivity (Wildman–Crippen MR) is 108 cm³/mol. The van der Waals surface area contributed by atoms with Crippen molar-refractivity contribution in [2.75, 3.05) is 12.8 Å². The molecule has 0 fully saturated rings. The lowest BCUT2D eigenvalue weighted by molar-refractivity contribution is -0.140. The summed E-state index contributed by atoms with van der Waals surface area (Å²) in [5, 5.41) is 2.64. The minimum Gasteiger partial charge on any atom is -0.357 e. The monoisotopic (exact) mass is 370 g/mol. The van der Waals surface area contributed by atoms with Gasteiger partial charge in [0, 0.05) is 31.5 Å². The molecule has 2 aromatic rings. The van der Waals surface area contributed by atoms with Crippen LogP contribution in [-0.2, 0) is 21.9 Å². The number of hydrogen-bond acceptors (Lipinski definition) is 3. The zero-order chi connectivity index (χ0) is 18.8. The van der Waals surface area contributed by atoms with Gasteiger partial charge in [-0.2, -0.15) is 11.8 Å². The highest BCUT2D eigenvalue weighted by atomic mass is 32.2. The Bertz CT molecular complexity index is 692. The maximum absolute atomic E-state index is 12.8. The summed E-state index contributed by atoms with van der Waals surface area (Å²) < 4.78 is 0. The zero-order valence-electron chi connectivity index (χ0n) is 15.4. The van der Waals surface area contributed by atoms with Crippen LogP contribution in [0.25, 0.3) is 0 Å². The summed E-state index contributed by atoms with van der Waals surface area (Å²) in [5.74, 6) is 1.48. The Kier molecular flexibility index (Phi) is 8.22. The van der Waals surface area contributed by atoms with Crippen LogP contribution in [0.3, 0.4) is 0 Å². The van der Waals surface area contributed by atoms with Gasteiger partial charge in [-0.05, 0) is 18.1 Å². The SMILES string of the molecule is CNC(=O)C(C)N(Cc1ccccc1)C(=O)CCSCc1ccccc1. The van der Waals surface area contributed by atoms with Crippen LogP contribution in [0.15, 0.2) is 60.7 Å². The van der Waals surface area contributed by atoms with Crippen molar-refractivity contribution in [3.8, 4) is 0 Å². The standard InChI is InChI=1S/C21H26N2O2S/c1-17(21(25)22-2)23(15-18-9-5-3-6-10-18)20(24)13-14-26-16-19-11-7-4-8-12-19/h3-12,17H,13-16H2,1-2H3,(H,22,25). The Balaban J connectivity index is 1.92. The maximum atomic E-state index is 12.8. The van der Waals surface area contributed by atoms with E-state index in [4.69, 9.17) is 0 Å². The van der Waals surface area contributed by atoms with Crippen molar-refractivity contribution in [3.63, 3.8) is 0 Å². The van der Waals surface area contributed by atoms with Crippen LogP contribution in [-0.4, -0.2) is 35.6 Å².